The van der Waals surface area contributed by atoms with E-state index < -0.39 is 6.10 Å². The molecule has 3 N–H and O–H groups in total. The Kier molecular flexibility index (Phi) is 5.22. The summed E-state index contributed by atoms with van der Waals surface area (Å²) in [6.07, 6.45) is -0.559. The van der Waals surface area contributed by atoms with E-state index in [-0.39, 0.29) is 24.3 Å². The molecule has 0 aliphatic carbocycles. The molecule has 3 rings (SSSR count). The van der Waals surface area contributed by atoms with Crippen molar-refractivity contribution in [3.05, 3.63) is 52.5 Å². The number of fused-ring (bicyclic) bond motifs is 1. The number of rotatable bonds is 4. The van der Waals surface area contributed by atoms with E-state index in [4.69, 9.17) is 4.74 Å². The summed E-state index contributed by atoms with van der Waals surface area (Å²) in [5.41, 5.74) is 1.43. The average molecular weight is 418 g/mol. The lowest BCUT2D eigenvalue weighted by molar-refractivity contribution is -0.122. The largest absolute Gasteiger partial charge is 0.479 e. The lowest BCUT2D eigenvalue weighted by Crippen LogP contribution is -2.34. The third-order valence-corrected chi connectivity index (χ3v) is 4.18. The molecule has 1 aliphatic rings. The highest BCUT2D eigenvalue weighted by atomic mass is 79.9. The van der Waals surface area contributed by atoms with E-state index in [0.29, 0.717) is 22.7 Å². The first-order chi connectivity index (χ1) is 12.4. The van der Waals surface area contributed by atoms with Crippen molar-refractivity contribution in [1.29, 1.82) is 0 Å². The molecular formula is C18H16BrN3O4. The SMILES string of the molecule is CC1Oc2ccc(NC(=O)CNC(=O)c3cccc(Br)c3)cc2NC1=O. The van der Waals surface area contributed by atoms with E-state index >= 15 is 0 Å². The molecule has 1 atom stereocenters. The predicted octanol–water partition coefficient (Wildman–Crippen LogP) is 2.54. The highest BCUT2D eigenvalue weighted by Crippen LogP contribution is 2.32. The molecule has 1 heterocycles. The number of nitrogens with one attached hydrogen (secondary N) is 3. The zero-order chi connectivity index (χ0) is 18.7. The molecule has 26 heavy (non-hydrogen) atoms. The van der Waals surface area contributed by atoms with Crippen molar-refractivity contribution in [1.82, 2.24) is 5.32 Å². The van der Waals surface area contributed by atoms with Crippen LogP contribution in [0, 0.1) is 0 Å². The van der Waals surface area contributed by atoms with Gasteiger partial charge in [0, 0.05) is 15.7 Å². The quantitative estimate of drug-likeness (QED) is 0.711. The minimum atomic E-state index is -0.559. The van der Waals surface area contributed by atoms with Crippen LogP contribution in [-0.4, -0.2) is 30.4 Å². The Labute approximate surface area is 158 Å². The number of carbonyl (C=O) groups excluding carboxylic acids is 3. The third-order valence-electron chi connectivity index (χ3n) is 3.69. The fraction of sp³-hybridized carbons (Fsp3) is 0.167. The van der Waals surface area contributed by atoms with Crippen molar-refractivity contribution in [2.75, 3.05) is 17.2 Å². The van der Waals surface area contributed by atoms with Gasteiger partial charge in [-0.05, 0) is 43.3 Å². The van der Waals surface area contributed by atoms with Crippen molar-refractivity contribution in [2.45, 2.75) is 13.0 Å². The number of benzene rings is 2. The first kappa shape index (κ1) is 17.9. The van der Waals surface area contributed by atoms with Crippen LogP contribution in [0.3, 0.4) is 0 Å². The number of ether oxygens (including phenoxy) is 1. The molecule has 1 aliphatic heterocycles. The summed E-state index contributed by atoms with van der Waals surface area (Å²) in [5.74, 6) is -0.438. The van der Waals surface area contributed by atoms with E-state index in [2.05, 4.69) is 31.9 Å². The van der Waals surface area contributed by atoms with Crippen LogP contribution in [-0.2, 0) is 9.59 Å². The summed E-state index contributed by atoms with van der Waals surface area (Å²) in [5, 5.41) is 7.93. The fourth-order valence-electron chi connectivity index (χ4n) is 2.38. The molecule has 0 bridgehead atoms. The lowest BCUT2D eigenvalue weighted by Gasteiger charge is -2.23. The summed E-state index contributed by atoms with van der Waals surface area (Å²) in [6, 6.07) is 11.8. The van der Waals surface area contributed by atoms with Crippen molar-refractivity contribution >= 4 is 45.0 Å². The van der Waals surface area contributed by atoms with Crippen molar-refractivity contribution in [2.24, 2.45) is 0 Å². The van der Waals surface area contributed by atoms with Gasteiger partial charge >= 0.3 is 0 Å². The first-order valence-electron chi connectivity index (χ1n) is 7.87. The molecule has 0 saturated heterocycles. The molecule has 134 valence electrons. The van der Waals surface area contributed by atoms with Gasteiger partial charge < -0.3 is 20.7 Å². The van der Waals surface area contributed by atoms with Gasteiger partial charge in [0.05, 0.1) is 12.2 Å². The van der Waals surface area contributed by atoms with E-state index in [1.165, 1.54) is 0 Å². The normalized spacial score (nSPS) is 15.3. The second-order valence-corrected chi connectivity index (χ2v) is 6.62. The Morgan fingerprint density at radius 3 is 2.81 bits per heavy atom. The average Bonchev–Trinajstić information content (AvgIpc) is 2.61. The van der Waals surface area contributed by atoms with E-state index in [1.807, 2.05) is 6.07 Å². The Morgan fingerprint density at radius 2 is 2.04 bits per heavy atom. The Hall–Kier alpha value is -2.87. The molecule has 2 aromatic rings. The van der Waals surface area contributed by atoms with Crippen LogP contribution in [0.25, 0.3) is 0 Å². The summed E-state index contributed by atoms with van der Waals surface area (Å²) in [6.45, 7) is 1.48. The van der Waals surface area contributed by atoms with E-state index in [1.54, 1.807) is 43.3 Å². The van der Waals surface area contributed by atoms with Gasteiger partial charge in [-0.3, -0.25) is 14.4 Å². The summed E-state index contributed by atoms with van der Waals surface area (Å²) >= 11 is 3.29. The Bertz CT molecular complexity index is 884. The van der Waals surface area contributed by atoms with Crippen LogP contribution < -0.4 is 20.7 Å². The maximum Gasteiger partial charge on any atom is 0.265 e. The number of anilines is 2. The first-order valence-corrected chi connectivity index (χ1v) is 8.67. The van der Waals surface area contributed by atoms with Crippen LogP contribution >= 0.6 is 15.9 Å². The highest BCUT2D eigenvalue weighted by Gasteiger charge is 2.23. The molecule has 0 saturated carbocycles. The predicted molar refractivity (Wildman–Crippen MR) is 100 cm³/mol. The molecule has 7 nitrogen and oxygen atoms in total. The van der Waals surface area contributed by atoms with Crippen LogP contribution in [0.4, 0.5) is 11.4 Å². The van der Waals surface area contributed by atoms with Gasteiger partial charge in [0.2, 0.25) is 5.91 Å². The molecule has 0 aromatic heterocycles. The van der Waals surface area contributed by atoms with E-state index in [9.17, 15) is 14.4 Å². The zero-order valence-corrected chi connectivity index (χ0v) is 15.4. The fourth-order valence-corrected chi connectivity index (χ4v) is 2.78. The molecule has 8 heteroatoms. The summed E-state index contributed by atoms with van der Waals surface area (Å²) < 4.78 is 6.24. The molecule has 0 spiro atoms. The standard InChI is InChI=1S/C18H16BrN3O4/c1-10-17(24)22-14-8-13(5-6-15(14)26-10)21-16(23)9-20-18(25)11-3-2-4-12(19)7-11/h2-8,10H,9H2,1H3,(H,20,25)(H,21,23)(H,22,24). The molecule has 1 unspecified atom stereocenters. The number of hydrogen-bond donors (Lipinski definition) is 3. The van der Waals surface area contributed by atoms with Crippen LogP contribution in [0.2, 0.25) is 0 Å². The lowest BCUT2D eigenvalue weighted by atomic mass is 10.2. The maximum absolute atomic E-state index is 12.0. The van der Waals surface area contributed by atoms with Gasteiger partial charge in [0.1, 0.15) is 5.75 Å². The van der Waals surface area contributed by atoms with Gasteiger partial charge in [0.15, 0.2) is 6.10 Å². The highest BCUT2D eigenvalue weighted by molar-refractivity contribution is 9.10. The van der Waals surface area contributed by atoms with Crippen LogP contribution in [0.1, 0.15) is 17.3 Å². The third kappa shape index (κ3) is 4.20. The molecule has 2 aromatic carbocycles. The van der Waals surface area contributed by atoms with Crippen molar-refractivity contribution < 1.29 is 19.1 Å². The smallest absolute Gasteiger partial charge is 0.265 e. The topological polar surface area (TPSA) is 96.5 Å². The van der Waals surface area contributed by atoms with Gasteiger partial charge in [-0.15, -0.1) is 0 Å². The van der Waals surface area contributed by atoms with Crippen LogP contribution in [0.5, 0.6) is 5.75 Å². The Balaban J connectivity index is 1.58. The van der Waals surface area contributed by atoms with Crippen molar-refractivity contribution in [3.8, 4) is 5.75 Å². The number of carbonyl (C=O) groups is 3. The molecule has 3 amide bonds. The van der Waals surface area contributed by atoms with E-state index in [0.717, 1.165) is 4.47 Å². The molecular weight excluding hydrogens is 402 g/mol. The van der Waals surface area contributed by atoms with Gasteiger partial charge in [0.25, 0.3) is 11.8 Å². The minimum Gasteiger partial charge on any atom is -0.479 e. The molecule has 0 fully saturated rings. The summed E-state index contributed by atoms with van der Waals surface area (Å²) in [7, 11) is 0. The Morgan fingerprint density at radius 1 is 1.23 bits per heavy atom. The summed E-state index contributed by atoms with van der Waals surface area (Å²) in [4.78, 5) is 35.7. The number of halogens is 1. The van der Waals surface area contributed by atoms with Gasteiger partial charge in [-0.2, -0.15) is 0 Å². The number of amides is 3. The number of hydrogen-bond acceptors (Lipinski definition) is 4. The van der Waals surface area contributed by atoms with Crippen molar-refractivity contribution in [3.63, 3.8) is 0 Å². The maximum atomic E-state index is 12.0. The zero-order valence-electron chi connectivity index (χ0n) is 13.8. The monoisotopic (exact) mass is 417 g/mol. The van der Waals surface area contributed by atoms with Gasteiger partial charge in [-0.25, -0.2) is 0 Å². The minimum absolute atomic E-state index is 0.178. The second-order valence-electron chi connectivity index (χ2n) is 5.70. The molecule has 0 radical (unpaired) electrons. The van der Waals surface area contributed by atoms with Gasteiger partial charge in [-0.1, -0.05) is 22.0 Å². The second kappa shape index (κ2) is 7.57. The van der Waals surface area contributed by atoms with Crippen LogP contribution in [0.15, 0.2) is 46.9 Å².